The second-order valence-electron chi connectivity index (χ2n) is 3.12. The van der Waals surface area contributed by atoms with Crippen LogP contribution in [-0.4, -0.2) is 25.6 Å². The Bertz CT molecular complexity index is 539. The Labute approximate surface area is 94.7 Å². The van der Waals surface area contributed by atoms with Crippen LogP contribution in [0.5, 0.6) is 0 Å². The molecule has 0 bridgehead atoms. The Morgan fingerprint density at radius 2 is 2.00 bits per heavy atom. The fourth-order valence-electron chi connectivity index (χ4n) is 1.05. The van der Waals surface area contributed by atoms with Crippen LogP contribution in [0.15, 0.2) is 18.5 Å². The maximum Gasteiger partial charge on any atom is 0.417 e. The van der Waals surface area contributed by atoms with Gasteiger partial charge in [0.05, 0.1) is 17.4 Å². The molecule has 0 unspecified atom stereocenters. The first-order chi connectivity index (χ1) is 7.61. The van der Waals surface area contributed by atoms with Crippen LogP contribution in [0.4, 0.5) is 13.2 Å². The summed E-state index contributed by atoms with van der Waals surface area (Å²) in [5.74, 6) is -1.37. The highest BCUT2D eigenvalue weighted by atomic mass is 32.2. The summed E-state index contributed by atoms with van der Waals surface area (Å²) in [7, 11) is -3.93. The van der Waals surface area contributed by atoms with Gasteiger partial charge < -0.3 is 0 Å². The van der Waals surface area contributed by atoms with Gasteiger partial charge in [0.1, 0.15) is 0 Å². The zero-order valence-electron chi connectivity index (χ0n) is 8.45. The van der Waals surface area contributed by atoms with Gasteiger partial charge >= 0.3 is 6.18 Å². The summed E-state index contributed by atoms with van der Waals surface area (Å²) in [4.78, 5) is 14.7. The number of sulfonamides is 1. The largest absolute Gasteiger partial charge is 0.417 e. The number of hydrogen-bond donors (Lipinski definition) is 1. The highest BCUT2D eigenvalue weighted by Gasteiger charge is 2.35. The van der Waals surface area contributed by atoms with E-state index in [-0.39, 0.29) is 0 Å². The maximum absolute atomic E-state index is 12.5. The van der Waals surface area contributed by atoms with Crippen LogP contribution in [-0.2, 0) is 16.2 Å². The molecular weight excluding hydrogens is 261 g/mol. The van der Waals surface area contributed by atoms with Crippen LogP contribution in [0, 0.1) is 0 Å². The fourth-order valence-corrected chi connectivity index (χ4v) is 1.49. The molecule has 9 heteroatoms. The van der Waals surface area contributed by atoms with Crippen molar-refractivity contribution in [3.63, 3.8) is 0 Å². The molecule has 0 aromatic carbocycles. The van der Waals surface area contributed by atoms with Gasteiger partial charge in [0.15, 0.2) is 0 Å². The average molecular weight is 268 g/mol. The number of pyridine rings is 1. The summed E-state index contributed by atoms with van der Waals surface area (Å²) in [6.07, 6.45) is -2.58. The molecule has 94 valence electrons. The van der Waals surface area contributed by atoms with Crippen LogP contribution < -0.4 is 4.72 Å². The summed E-state index contributed by atoms with van der Waals surface area (Å²) < 4.78 is 60.4. The molecule has 1 N–H and O–H groups in total. The maximum atomic E-state index is 12.5. The smallest absolute Gasteiger partial charge is 0.268 e. The van der Waals surface area contributed by atoms with E-state index in [1.165, 1.54) is 4.72 Å². The number of rotatable bonds is 2. The van der Waals surface area contributed by atoms with Gasteiger partial charge in [-0.05, 0) is 6.07 Å². The number of aromatic nitrogens is 1. The molecule has 0 saturated heterocycles. The van der Waals surface area contributed by atoms with E-state index in [0.29, 0.717) is 18.5 Å². The Balaban J connectivity index is 3.19. The van der Waals surface area contributed by atoms with Gasteiger partial charge in [-0.3, -0.25) is 9.78 Å². The first-order valence-corrected chi connectivity index (χ1v) is 6.04. The normalized spacial score (nSPS) is 12.2. The van der Waals surface area contributed by atoms with E-state index < -0.39 is 33.2 Å². The number of nitrogens with zero attached hydrogens (tertiary/aromatic N) is 1. The minimum atomic E-state index is -4.76. The lowest BCUT2D eigenvalue weighted by Crippen LogP contribution is -2.31. The number of carbonyl (C=O) groups excluding carboxylic acids is 1. The number of amides is 1. The molecule has 17 heavy (non-hydrogen) atoms. The van der Waals surface area contributed by atoms with E-state index in [0.717, 1.165) is 6.20 Å². The molecule has 1 amide bonds. The Morgan fingerprint density at radius 3 is 2.47 bits per heavy atom. The molecular formula is C8H7F3N2O3S. The quantitative estimate of drug-likeness (QED) is 0.860. The molecule has 1 rings (SSSR count). The van der Waals surface area contributed by atoms with Crippen LogP contribution in [0.25, 0.3) is 0 Å². The molecule has 1 aromatic rings. The molecule has 0 aliphatic heterocycles. The van der Waals surface area contributed by atoms with Gasteiger partial charge in [-0.15, -0.1) is 0 Å². The third-order valence-corrected chi connectivity index (χ3v) is 2.21. The lowest BCUT2D eigenvalue weighted by Gasteiger charge is -2.11. The zero-order valence-corrected chi connectivity index (χ0v) is 9.26. The molecule has 0 aliphatic carbocycles. The molecule has 1 heterocycles. The number of hydrogen-bond acceptors (Lipinski definition) is 4. The molecule has 0 radical (unpaired) electrons. The third-order valence-electron chi connectivity index (χ3n) is 1.65. The Kier molecular flexibility index (Phi) is 3.41. The van der Waals surface area contributed by atoms with Crippen LogP contribution in [0.3, 0.4) is 0 Å². The monoisotopic (exact) mass is 268 g/mol. The Hall–Kier alpha value is -1.64. The van der Waals surface area contributed by atoms with E-state index in [4.69, 9.17) is 0 Å². The number of carbonyl (C=O) groups is 1. The van der Waals surface area contributed by atoms with E-state index in [1.807, 2.05) is 0 Å². The summed E-state index contributed by atoms with van der Waals surface area (Å²) in [6.45, 7) is 0. The van der Waals surface area contributed by atoms with E-state index >= 15 is 0 Å². The number of halogens is 3. The van der Waals surface area contributed by atoms with Gasteiger partial charge in [0.25, 0.3) is 5.91 Å². The Morgan fingerprint density at radius 1 is 1.41 bits per heavy atom. The minimum Gasteiger partial charge on any atom is -0.268 e. The topological polar surface area (TPSA) is 76.1 Å². The van der Waals surface area contributed by atoms with Crippen molar-refractivity contribution < 1.29 is 26.4 Å². The van der Waals surface area contributed by atoms with Crippen LogP contribution >= 0.6 is 0 Å². The predicted octanol–water partition coefficient (Wildman–Crippen LogP) is 0.790. The first kappa shape index (κ1) is 13.4. The van der Waals surface area contributed by atoms with Gasteiger partial charge in [-0.2, -0.15) is 13.2 Å². The van der Waals surface area contributed by atoms with Crippen molar-refractivity contribution in [3.8, 4) is 0 Å². The van der Waals surface area contributed by atoms with E-state index in [9.17, 15) is 26.4 Å². The van der Waals surface area contributed by atoms with Gasteiger partial charge in [-0.25, -0.2) is 13.1 Å². The molecule has 0 saturated carbocycles. The SMILES string of the molecule is CS(=O)(=O)NC(=O)c1cnccc1C(F)(F)F. The predicted molar refractivity (Wildman–Crippen MR) is 51.5 cm³/mol. The number of nitrogens with one attached hydrogen (secondary N) is 1. The van der Waals surface area contributed by atoms with Crippen molar-refractivity contribution >= 4 is 15.9 Å². The van der Waals surface area contributed by atoms with Crippen molar-refractivity contribution in [1.29, 1.82) is 0 Å². The fraction of sp³-hybridized carbons (Fsp3) is 0.250. The van der Waals surface area contributed by atoms with Crippen molar-refractivity contribution in [1.82, 2.24) is 9.71 Å². The highest BCUT2D eigenvalue weighted by molar-refractivity contribution is 7.89. The molecule has 0 spiro atoms. The lowest BCUT2D eigenvalue weighted by atomic mass is 10.1. The zero-order chi connectivity index (χ0) is 13.3. The second-order valence-corrected chi connectivity index (χ2v) is 4.87. The van der Waals surface area contributed by atoms with Crippen molar-refractivity contribution in [2.75, 3.05) is 6.26 Å². The summed E-state index contributed by atoms with van der Waals surface area (Å²) in [6, 6.07) is 0.594. The molecule has 1 aromatic heterocycles. The number of alkyl halides is 3. The lowest BCUT2D eigenvalue weighted by molar-refractivity contribution is -0.138. The van der Waals surface area contributed by atoms with Gasteiger partial charge in [0.2, 0.25) is 10.0 Å². The molecule has 0 fully saturated rings. The average Bonchev–Trinajstić information content (AvgIpc) is 2.13. The summed E-state index contributed by atoms with van der Waals surface area (Å²) in [5.41, 5.74) is -2.08. The van der Waals surface area contributed by atoms with Crippen molar-refractivity contribution in [2.24, 2.45) is 0 Å². The molecule has 0 aliphatic rings. The molecule has 0 atom stereocenters. The minimum absolute atomic E-state index is 0.594. The van der Waals surface area contributed by atoms with E-state index in [1.54, 1.807) is 0 Å². The van der Waals surface area contributed by atoms with Crippen LogP contribution in [0.2, 0.25) is 0 Å². The van der Waals surface area contributed by atoms with Crippen LogP contribution in [0.1, 0.15) is 15.9 Å². The summed E-state index contributed by atoms with van der Waals surface area (Å²) >= 11 is 0. The van der Waals surface area contributed by atoms with Gasteiger partial charge in [0, 0.05) is 12.4 Å². The first-order valence-electron chi connectivity index (χ1n) is 4.14. The van der Waals surface area contributed by atoms with E-state index in [2.05, 4.69) is 4.98 Å². The second kappa shape index (κ2) is 4.32. The van der Waals surface area contributed by atoms with Crippen molar-refractivity contribution in [2.45, 2.75) is 6.18 Å². The highest BCUT2D eigenvalue weighted by Crippen LogP contribution is 2.31. The molecule has 5 nitrogen and oxygen atoms in total. The van der Waals surface area contributed by atoms with Gasteiger partial charge in [-0.1, -0.05) is 0 Å². The third kappa shape index (κ3) is 3.70. The standard InChI is InChI=1S/C8H7F3N2O3S/c1-17(15,16)13-7(14)5-4-12-3-2-6(5)8(9,10)11/h2-4H,1H3,(H,13,14). The summed E-state index contributed by atoms with van der Waals surface area (Å²) in [5, 5.41) is 0. The van der Waals surface area contributed by atoms with Crippen molar-refractivity contribution in [3.05, 3.63) is 29.6 Å².